The Morgan fingerprint density at radius 3 is 2.57 bits per heavy atom. The van der Waals surface area contributed by atoms with Gasteiger partial charge in [-0.3, -0.25) is 4.79 Å². The predicted molar refractivity (Wildman–Crippen MR) is 60.4 cm³/mol. The van der Waals surface area contributed by atoms with E-state index in [2.05, 4.69) is 0 Å². The van der Waals surface area contributed by atoms with E-state index in [0.717, 1.165) is 5.69 Å². The molecule has 0 aliphatic rings. The second-order valence-corrected chi connectivity index (χ2v) is 4.00. The smallest absolute Gasteiger partial charge is 0.149 e. The van der Waals surface area contributed by atoms with Crippen molar-refractivity contribution in [2.75, 3.05) is 18.5 Å². The van der Waals surface area contributed by atoms with Crippen LogP contribution in [0.4, 0.5) is 5.69 Å². The normalized spacial score (nSPS) is 10.0. The van der Waals surface area contributed by atoms with Gasteiger partial charge in [0, 0.05) is 12.1 Å². The quantitative estimate of drug-likeness (QED) is 0.798. The molecule has 0 atom stereocenters. The van der Waals surface area contributed by atoms with E-state index in [1.165, 1.54) is 0 Å². The monoisotopic (exact) mass is 231 g/mol. The molecule has 0 bridgehead atoms. The van der Waals surface area contributed by atoms with Crippen molar-refractivity contribution in [1.29, 1.82) is 0 Å². The van der Waals surface area contributed by atoms with Crippen LogP contribution in [-0.2, 0) is 4.79 Å². The summed E-state index contributed by atoms with van der Waals surface area (Å²) in [7, 11) is 1.82. The average Bonchev–Trinajstić information content (AvgIpc) is 2.01. The summed E-state index contributed by atoms with van der Waals surface area (Å²) in [6.45, 7) is 1.89. The van der Waals surface area contributed by atoms with Gasteiger partial charge in [0.2, 0.25) is 0 Å². The number of nitrogens with zero attached hydrogens (tertiary/aromatic N) is 1. The van der Waals surface area contributed by atoms with Crippen LogP contribution >= 0.6 is 23.2 Å². The highest BCUT2D eigenvalue weighted by Gasteiger charge is 2.07. The van der Waals surface area contributed by atoms with Crippen LogP contribution in [0, 0.1) is 0 Å². The van der Waals surface area contributed by atoms with E-state index in [4.69, 9.17) is 23.2 Å². The van der Waals surface area contributed by atoms with Gasteiger partial charge in [-0.05, 0) is 25.1 Å². The van der Waals surface area contributed by atoms with Crippen molar-refractivity contribution < 1.29 is 4.79 Å². The molecule has 0 saturated heterocycles. The molecule has 1 rings (SSSR count). The van der Waals surface area contributed by atoms with Crippen molar-refractivity contribution >= 4 is 34.7 Å². The molecule has 14 heavy (non-hydrogen) atoms. The van der Waals surface area contributed by atoms with E-state index >= 15 is 0 Å². The van der Waals surface area contributed by atoms with Gasteiger partial charge in [0.1, 0.15) is 5.78 Å². The lowest BCUT2D eigenvalue weighted by Crippen LogP contribution is -2.23. The van der Waals surface area contributed by atoms with Crippen LogP contribution in [0.1, 0.15) is 6.92 Å². The van der Waals surface area contributed by atoms with Crippen LogP contribution in [0.2, 0.25) is 10.0 Å². The molecule has 0 aromatic heterocycles. The number of anilines is 1. The average molecular weight is 232 g/mol. The van der Waals surface area contributed by atoms with E-state index in [0.29, 0.717) is 16.6 Å². The van der Waals surface area contributed by atoms with E-state index < -0.39 is 0 Å². The van der Waals surface area contributed by atoms with Crippen LogP contribution in [0.3, 0.4) is 0 Å². The minimum atomic E-state index is 0.0958. The first-order chi connectivity index (χ1) is 6.50. The molecule has 0 unspecified atom stereocenters. The largest absolute Gasteiger partial charge is 0.366 e. The van der Waals surface area contributed by atoms with E-state index in [-0.39, 0.29) is 5.78 Å². The number of benzene rings is 1. The van der Waals surface area contributed by atoms with Crippen molar-refractivity contribution in [2.24, 2.45) is 0 Å². The third kappa shape index (κ3) is 2.89. The number of carbonyl (C=O) groups excluding carboxylic acids is 1. The van der Waals surface area contributed by atoms with Gasteiger partial charge in [-0.15, -0.1) is 0 Å². The molecule has 0 N–H and O–H groups in total. The number of likely N-dealkylation sites (N-methyl/N-ethyl adjacent to an activating group) is 1. The number of Topliss-reactive ketones (excluding diaryl/α,β-unsaturated/α-hetero) is 1. The lowest BCUT2D eigenvalue weighted by molar-refractivity contribution is -0.115. The highest BCUT2D eigenvalue weighted by atomic mass is 35.5. The maximum absolute atomic E-state index is 10.9. The zero-order chi connectivity index (χ0) is 10.7. The van der Waals surface area contributed by atoms with E-state index in [1.54, 1.807) is 30.0 Å². The van der Waals surface area contributed by atoms with Crippen molar-refractivity contribution in [3.8, 4) is 0 Å². The first kappa shape index (κ1) is 11.3. The summed E-state index contributed by atoms with van der Waals surface area (Å²) in [5.74, 6) is 0.0958. The summed E-state index contributed by atoms with van der Waals surface area (Å²) < 4.78 is 0. The van der Waals surface area contributed by atoms with Gasteiger partial charge >= 0.3 is 0 Å². The van der Waals surface area contributed by atoms with Gasteiger partial charge in [0.25, 0.3) is 0 Å². The number of halogens is 2. The molecule has 0 aliphatic carbocycles. The van der Waals surface area contributed by atoms with Gasteiger partial charge < -0.3 is 4.90 Å². The highest BCUT2D eigenvalue weighted by molar-refractivity contribution is 6.36. The fourth-order valence-electron chi connectivity index (χ4n) is 1.21. The maximum Gasteiger partial charge on any atom is 0.149 e. The standard InChI is InChI=1S/C10H11Cl2NO/c1-7(14)6-13(2)10-4-3-8(11)5-9(10)12/h3-5H,6H2,1-2H3. The summed E-state index contributed by atoms with van der Waals surface area (Å²) in [5, 5.41) is 1.15. The molecule has 0 radical (unpaired) electrons. The molecular formula is C10H11Cl2NO. The second-order valence-electron chi connectivity index (χ2n) is 3.15. The zero-order valence-electron chi connectivity index (χ0n) is 8.05. The Kier molecular flexibility index (Phi) is 3.78. The van der Waals surface area contributed by atoms with Crippen molar-refractivity contribution in [3.63, 3.8) is 0 Å². The third-order valence-corrected chi connectivity index (χ3v) is 2.32. The maximum atomic E-state index is 10.9. The molecule has 0 aliphatic heterocycles. The number of ketones is 1. The van der Waals surface area contributed by atoms with Crippen LogP contribution < -0.4 is 4.90 Å². The SMILES string of the molecule is CC(=O)CN(C)c1ccc(Cl)cc1Cl. The summed E-state index contributed by atoms with van der Waals surface area (Å²) >= 11 is 11.7. The van der Waals surface area contributed by atoms with Crippen LogP contribution in [0.25, 0.3) is 0 Å². The number of hydrogen-bond acceptors (Lipinski definition) is 2. The fourth-order valence-corrected chi connectivity index (χ4v) is 1.76. The molecule has 0 amide bonds. The fraction of sp³-hybridized carbons (Fsp3) is 0.300. The van der Waals surface area contributed by atoms with Crippen LogP contribution in [0.5, 0.6) is 0 Å². The zero-order valence-corrected chi connectivity index (χ0v) is 9.56. The molecule has 76 valence electrons. The minimum absolute atomic E-state index is 0.0958. The molecule has 0 fully saturated rings. The summed E-state index contributed by atoms with van der Waals surface area (Å²) in [4.78, 5) is 12.7. The van der Waals surface area contributed by atoms with Gasteiger partial charge in [0.05, 0.1) is 17.3 Å². The summed E-state index contributed by atoms with van der Waals surface area (Å²) in [5.41, 5.74) is 0.811. The van der Waals surface area contributed by atoms with Gasteiger partial charge in [-0.25, -0.2) is 0 Å². The Morgan fingerprint density at radius 1 is 1.43 bits per heavy atom. The first-order valence-electron chi connectivity index (χ1n) is 4.16. The first-order valence-corrected chi connectivity index (χ1v) is 4.92. The Labute approximate surface area is 93.4 Å². The highest BCUT2D eigenvalue weighted by Crippen LogP contribution is 2.27. The summed E-state index contributed by atoms with van der Waals surface area (Å²) in [6, 6.07) is 5.21. The Bertz CT molecular complexity index is 352. The number of rotatable bonds is 3. The third-order valence-electron chi connectivity index (χ3n) is 1.78. The van der Waals surface area contributed by atoms with Gasteiger partial charge in [-0.1, -0.05) is 23.2 Å². The molecule has 1 aromatic rings. The summed E-state index contributed by atoms with van der Waals surface area (Å²) in [6.07, 6.45) is 0. The van der Waals surface area contributed by atoms with Crippen LogP contribution in [0.15, 0.2) is 18.2 Å². The Balaban J connectivity index is 2.90. The number of hydrogen-bond donors (Lipinski definition) is 0. The minimum Gasteiger partial charge on any atom is -0.366 e. The second kappa shape index (κ2) is 4.67. The lowest BCUT2D eigenvalue weighted by Gasteiger charge is -2.18. The van der Waals surface area contributed by atoms with Gasteiger partial charge in [0.15, 0.2) is 0 Å². The van der Waals surface area contributed by atoms with Gasteiger partial charge in [-0.2, -0.15) is 0 Å². The van der Waals surface area contributed by atoms with E-state index in [9.17, 15) is 4.79 Å². The predicted octanol–water partition coefficient (Wildman–Crippen LogP) is 3.02. The van der Waals surface area contributed by atoms with Crippen molar-refractivity contribution in [2.45, 2.75) is 6.92 Å². The molecular weight excluding hydrogens is 221 g/mol. The molecule has 2 nitrogen and oxygen atoms in total. The topological polar surface area (TPSA) is 20.3 Å². The molecule has 4 heteroatoms. The van der Waals surface area contributed by atoms with E-state index in [1.807, 2.05) is 7.05 Å². The Morgan fingerprint density at radius 2 is 2.07 bits per heavy atom. The Hall–Kier alpha value is -0.730. The van der Waals surface area contributed by atoms with Crippen molar-refractivity contribution in [1.82, 2.24) is 0 Å². The number of carbonyl (C=O) groups is 1. The lowest BCUT2D eigenvalue weighted by atomic mass is 10.3. The molecule has 0 heterocycles. The van der Waals surface area contributed by atoms with Crippen LogP contribution in [-0.4, -0.2) is 19.4 Å². The van der Waals surface area contributed by atoms with Crippen molar-refractivity contribution in [3.05, 3.63) is 28.2 Å². The molecule has 1 aromatic carbocycles. The molecule has 0 spiro atoms. The molecule has 0 saturated carbocycles.